The predicted octanol–water partition coefficient (Wildman–Crippen LogP) is 1.73. The second-order valence-electron chi connectivity index (χ2n) is 2.55. The van der Waals surface area contributed by atoms with Crippen molar-refractivity contribution in [3.05, 3.63) is 35.4 Å². The summed E-state index contributed by atoms with van der Waals surface area (Å²) < 4.78 is 36.5. The number of carbonyl (C=O) groups excluding carboxylic acids is 1. The lowest BCUT2D eigenvalue weighted by atomic mass is 10.1. The molecule has 3 nitrogen and oxygen atoms in total. The van der Waals surface area contributed by atoms with Gasteiger partial charge >= 0.3 is 6.18 Å². The molecular formula is C8H8ClF3N2O. The van der Waals surface area contributed by atoms with Crippen molar-refractivity contribution in [2.45, 2.75) is 6.18 Å². The van der Waals surface area contributed by atoms with Crippen LogP contribution in [-0.4, -0.2) is 5.91 Å². The lowest BCUT2D eigenvalue weighted by Gasteiger charge is -2.07. The minimum Gasteiger partial charge on any atom is -0.290 e. The van der Waals surface area contributed by atoms with E-state index in [0.717, 1.165) is 18.2 Å². The van der Waals surface area contributed by atoms with Crippen molar-refractivity contribution in [3.8, 4) is 0 Å². The number of alkyl halides is 3. The Morgan fingerprint density at radius 3 is 2.40 bits per heavy atom. The average Bonchev–Trinajstić information content (AvgIpc) is 2.15. The Hall–Kier alpha value is -1.27. The second kappa shape index (κ2) is 4.99. The summed E-state index contributed by atoms with van der Waals surface area (Å²) in [5, 5.41) is 0. The molecule has 0 heterocycles. The summed E-state index contributed by atoms with van der Waals surface area (Å²) in [5.41, 5.74) is 0.754. The van der Waals surface area contributed by atoms with E-state index in [1.54, 1.807) is 5.43 Å². The van der Waals surface area contributed by atoms with Gasteiger partial charge in [-0.3, -0.25) is 10.2 Å². The molecule has 0 aromatic heterocycles. The molecule has 3 N–H and O–H groups in total. The Balaban J connectivity index is 0.00000196. The van der Waals surface area contributed by atoms with E-state index in [2.05, 4.69) is 0 Å². The molecule has 0 saturated heterocycles. The monoisotopic (exact) mass is 240 g/mol. The summed E-state index contributed by atoms with van der Waals surface area (Å²) in [6, 6.07) is 4.01. The van der Waals surface area contributed by atoms with Crippen LogP contribution < -0.4 is 11.3 Å². The number of nitrogens with one attached hydrogen (secondary N) is 1. The summed E-state index contributed by atoms with van der Waals surface area (Å²) in [5.74, 6) is 4.03. The number of hydrazine groups is 1. The SMILES string of the molecule is Cl.NNC(=O)c1cccc(C(F)(F)F)c1. The molecule has 15 heavy (non-hydrogen) atoms. The van der Waals surface area contributed by atoms with Crippen LogP contribution in [-0.2, 0) is 6.18 Å². The number of hydrogen-bond acceptors (Lipinski definition) is 2. The van der Waals surface area contributed by atoms with Crippen LogP contribution in [0.4, 0.5) is 13.2 Å². The Bertz CT molecular complexity index is 354. The fourth-order valence-electron chi connectivity index (χ4n) is 0.920. The fourth-order valence-corrected chi connectivity index (χ4v) is 0.920. The normalized spacial score (nSPS) is 10.4. The van der Waals surface area contributed by atoms with Gasteiger partial charge in [-0.05, 0) is 18.2 Å². The number of nitrogens with two attached hydrogens (primary N) is 1. The molecule has 1 rings (SSSR count). The highest BCUT2D eigenvalue weighted by Crippen LogP contribution is 2.29. The van der Waals surface area contributed by atoms with E-state index in [1.165, 1.54) is 6.07 Å². The lowest BCUT2D eigenvalue weighted by molar-refractivity contribution is -0.137. The second-order valence-corrected chi connectivity index (χ2v) is 2.55. The molecule has 0 spiro atoms. The zero-order chi connectivity index (χ0) is 10.8. The van der Waals surface area contributed by atoms with Gasteiger partial charge < -0.3 is 0 Å². The number of rotatable bonds is 1. The summed E-state index contributed by atoms with van der Waals surface area (Å²) >= 11 is 0. The molecule has 1 aromatic carbocycles. The van der Waals surface area contributed by atoms with Crippen LogP contribution >= 0.6 is 12.4 Å². The highest BCUT2D eigenvalue weighted by Gasteiger charge is 2.30. The van der Waals surface area contributed by atoms with Crippen LogP contribution in [0.3, 0.4) is 0 Å². The zero-order valence-electron chi connectivity index (χ0n) is 7.34. The van der Waals surface area contributed by atoms with Gasteiger partial charge in [0.1, 0.15) is 0 Å². The number of halogens is 4. The van der Waals surface area contributed by atoms with Gasteiger partial charge in [-0.15, -0.1) is 12.4 Å². The molecule has 0 atom stereocenters. The molecule has 0 aliphatic heterocycles. The first-order valence-electron chi connectivity index (χ1n) is 3.63. The topological polar surface area (TPSA) is 55.1 Å². The molecule has 1 amide bonds. The smallest absolute Gasteiger partial charge is 0.290 e. The molecule has 0 aliphatic rings. The first-order valence-corrected chi connectivity index (χ1v) is 3.63. The third-order valence-corrected chi connectivity index (χ3v) is 1.58. The summed E-state index contributed by atoms with van der Waals surface area (Å²) in [6.07, 6.45) is -4.45. The largest absolute Gasteiger partial charge is 0.416 e. The van der Waals surface area contributed by atoms with E-state index >= 15 is 0 Å². The van der Waals surface area contributed by atoms with Gasteiger partial charge in [-0.2, -0.15) is 13.2 Å². The van der Waals surface area contributed by atoms with E-state index in [4.69, 9.17) is 5.84 Å². The summed E-state index contributed by atoms with van der Waals surface area (Å²) in [4.78, 5) is 10.9. The molecule has 0 unspecified atom stereocenters. The molecule has 84 valence electrons. The molecule has 1 aromatic rings. The van der Waals surface area contributed by atoms with Crippen molar-refractivity contribution in [1.29, 1.82) is 0 Å². The van der Waals surface area contributed by atoms with E-state index in [-0.39, 0.29) is 18.0 Å². The van der Waals surface area contributed by atoms with Gasteiger partial charge in [-0.1, -0.05) is 6.07 Å². The molecule has 7 heteroatoms. The van der Waals surface area contributed by atoms with Gasteiger partial charge in [0.2, 0.25) is 0 Å². The van der Waals surface area contributed by atoms with E-state index in [0.29, 0.717) is 0 Å². The maximum absolute atomic E-state index is 12.2. The van der Waals surface area contributed by atoms with Crippen molar-refractivity contribution < 1.29 is 18.0 Å². The van der Waals surface area contributed by atoms with Crippen molar-refractivity contribution in [2.24, 2.45) is 5.84 Å². The van der Waals surface area contributed by atoms with Crippen molar-refractivity contribution in [1.82, 2.24) is 5.43 Å². The van der Waals surface area contributed by atoms with Crippen LogP contribution in [0.25, 0.3) is 0 Å². The number of amides is 1. The van der Waals surface area contributed by atoms with E-state index in [9.17, 15) is 18.0 Å². The average molecular weight is 241 g/mol. The van der Waals surface area contributed by atoms with Gasteiger partial charge in [0.05, 0.1) is 5.56 Å². The van der Waals surface area contributed by atoms with Crippen molar-refractivity contribution in [2.75, 3.05) is 0 Å². The van der Waals surface area contributed by atoms with Crippen molar-refractivity contribution in [3.63, 3.8) is 0 Å². The molecule has 0 saturated carbocycles. The first-order chi connectivity index (χ1) is 6.45. The van der Waals surface area contributed by atoms with Crippen LogP contribution in [0.2, 0.25) is 0 Å². The number of hydrogen-bond donors (Lipinski definition) is 2. The summed E-state index contributed by atoms with van der Waals surface area (Å²) in [7, 11) is 0. The number of nitrogen functional groups attached to an aromatic ring is 1. The van der Waals surface area contributed by atoms with Crippen molar-refractivity contribution >= 4 is 18.3 Å². The van der Waals surface area contributed by atoms with Gasteiger partial charge in [0, 0.05) is 5.56 Å². The predicted molar refractivity (Wildman–Crippen MR) is 50.3 cm³/mol. The minimum atomic E-state index is -4.45. The van der Waals surface area contributed by atoms with Gasteiger partial charge in [0.15, 0.2) is 0 Å². The van der Waals surface area contributed by atoms with Crippen LogP contribution in [0.1, 0.15) is 15.9 Å². The fraction of sp³-hybridized carbons (Fsp3) is 0.125. The first kappa shape index (κ1) is 13.7. The van der Waals surface area contributed by atoms with Gasteiger partial charge in [-0.25, -0.2) is 5.84 Å². The van der Waals surface area contributed by atoms with E-state index in [1.807, 2.05) is 0 Å². The molecule has 0 aliphatic carbocycles. The van der Waals surface area contributed by atoms with Crippen LogP contribution in [0.5, 0.6) is 0 Å². The van der Waals surface area contributed by atoms with Crippen LogP contribution in [0.15, 0.2) is 24.3 Å². The highest BCUT2D eigenvalue weighted by molar-refractivity contribution is 5.93. The number of carbonyl (C=O) groups is 1. The third-order valence-electron chi connectivity index (χ3n) is 1.58. The quantitative estimate of drug-likeness (QED) is 0.446. The van der Waals surface area contributed by atoms with Crippen LogP contribution in [0, 0.1) is 0 Å². The Morgan fingerprint density at radius 1 is 1.33 bits per heavy atom. The summed E-state index contributed by atoms with van der Waals surface area (Å²) in [6.45, 7) is 0. The third kappa shape index (κ3) is 3.41. The minimum absolute atomic E-state index is 0. The zero-order valence-corrected chi connectivity index (χ0v) is 8.15. The molecule has 0 bridgehead atoms. The number of benzene rings is 1. The van der Waals surface area contributed by atoms with E-state index < -0.39 is 17.6 Å². The maximum atomic E-state index is 12.2. The molecule has 0 fully saturated rings. The molecule has 0 radical (unpaired) electrons. The lowest BCUT2D eigenvalue weighted by Crippen LogP contribution is -2.30. The van der Waals surface area contributed by atoms with Gasteiger partial charge in [0.25, 0.3) is 5.91 Å². The standard InChI is InChI=1S/C8H7F3N2O.ClH/c9-8(10,11)6-3-1-2-5(4-6)7(14)13-12;/h1-4H,12H2,(H,13,14);1H. The Labute approximate surface area is 89.8 Å². The Kier molecular flexibility index (Phi) is 4.57. The highest BCUT2D eigenvalue weighted by atomic mass is 35.5. The Morgan fingerprint density at radius 2 is 1.93 bits per heavy atom. The molecular weight excluding hydrogens is 233 g/mol. The maximum Gasteiger partial charge on any atom is 0.416 e.